The van der Waals surface area contributed by atoms with E-state index in [1.165, 1.54) is 7.11 Å². The fraction of sp³-hybridized carbons (Fsp3) is 0.500. The molecule has 0 N–H and O–H groups in total. The average Bonchev–Trinajstić information content (AvgIpc) is 2.39. The standard InChI is InChI=1S/C12H16BrClO4S/c1-3-19(15,16)5-4-18-12-10(14)6-9(8-13)7-11(12)17-2/h6-7H,3-5,8H2,1-2H3. The number of alkyl halides is 1. The van der Waals surface area contributed by atoms with E-state index in [4.69, 9.17) is 21.1 Å². The Bertz CT molecular complexity index is 531. The van der Waals surface area contributed by atoms with Gasteiger partial charge in [-0.25, -0.2) is 8.42 Å². The zero-order valence-electron chi connectivity index (χ0n) is 10.8. The normalized spacial score (nSPS) is 11.4. The van der Waals surface area contributed by atoms with E-state index in [2.05, 4.69) is 15.9 Å². The molecule has 108 valence electrons. The second-order valence-electron chi connectivity index (χ2n) is 3.83. The molecule has 0 aliphatic carbocycles. The summed E-state index contributed by atoms with van der Waals surface area (Å²) in [6.07, 6.45) is 0. The van der Waals surface area contributed by atoms with Gasteiger partial charge in [-0.15, -0.1) is 0 Å². The molecule has 0 aromatic heterocycles. The van der Waals surface area contributed by atoms with E-state index in [1.54, 1.807) is 19.1 Å². The number of rotatable bonds is 7. The Morgan fingerprint density at radius 3 is 2.58 bits per heavy atom. The van der Waals surface area contributed by atoms with E-state index >= 15 is 0 Å². The van der Waals surface area contributed by atoms with Crippen LogP contribution in [0.5, 0.6) is 11.5 Å². The van der Waals surface area contributed by atoms with Gasteiger partial charge in [-0.1, -0.05) is 34.5 Å². The molecule has 0 aliphatic heterocycles. The molecule has 0 fully saturated rings. The molecule has 0 unspecified atom stereocenters. The maximum absolute atomic E-state index is 11.4. The van der Waals surface area contributed by atoms with Gasteiger partial charge in [0.15, 0.2) is 21.3 Å². The minimum Gasteiger partial charge on any atom is -0.493 e. The fourth-order valence-corrected chi connectivity index (χ4v) is 2.64. The lowest BCUT2D eigenvalue weighted by atomic mass is 10.2. The number of halogens is 2. The van der Waals surface area contributed by atoms with E-state index in [1.807, 2.05) is 0 Å². The van der Waals surface area contributed by atoms with Crippen LogP contribution in [0.15, 0.2) is 12.1 Å². The van der Waals surface area contributed by atoms with Gasteiger partial charge in [0.25, 0.3) is 0 Å². The van der Waals surface area contributed by atoms with Crippen LogP contribution in [0.4, 0.5) is 0 Å². The molecule has 0 saturated carbocycles. The molecule has 0 bridgehead atoms. The molecule has 1 aromatic rings. The Morgan fingerprint density at radius 2 is 2.05 bits per heavy atom. The van der Waals surface area contributed by atoms with Gasteiger partial charge in [0, 0.05) is 11.1 Å². The number of ether oxygens (including phenoxy) is 2. The lowest BCUT2D eigenvalue weighted by Crippen LogP contribution is -2.16. The molecule has 1 rings (SSSR count). The molecule has 1 aromatic carbocycles. The summed E-state index contributed by atoms with van der Waals surface area (Å²) in [5.41, 5.74) is 0.954. The predicted molar refractivity (Wildman–Crippen MR) is 80.5 cm³/mol. The topological polar surface area (TPSA) is 52.6 Å². The second kappa shape index (κ2) is 7.36. The SMILES string of the molecule is CCS(=O)(=O)CCOc1c(Cl)cc(CBr)cc1OC. The largest absolute Gasteiger partial charge is 0.493 e. The zero-order valence-corrected chi connectivity index (χ0v) is 13.9. The fourth-order valence-electron chi connectivity index (χ4n) is 1.41. The van der Waals surface area contributed by atoms with E-state index in [-0.39, 0.29) is 18.1 Å². The lowest BCUT2D eigenvalue weighted by molar-refractivity contribution is 0.311. The third-order valence-corrected chi connectivity index (χ3v) is 5.12. The number of hydrogen-bond acceptors (Lipinski definition) is 4. The third kappa shape index (κ3) is 4.85. The van der Waals surface area contributed by atoms with Crippen LogP contribution in [-0.4, -0.2) is 33.6 Å². The van der Waals surface area contributed by atoms with Crippen molar-refractivity contribution >= 4 is 37.4 Å². The summed E-state index contributed by atoms with van der Waals surface area (Å²) in [6, 6.07) is 3.55. The van der Waals surface area contributed by atoms with Crippen molar-refractivity contribution in [3.63, 3.8) is 0 Å². The van der Waals surface area contributed by atoms with Crippen LogP contribution in [0.3, 0.4) is 0 Å². The molecule has 0 aliphatic rings. The number of sulfone groups is 1. The van der Waals surface area contributed by atoms with Crippen LogP contribution in [0.2, 0.25) is 5.02 Å². The first-order valence-corrected chi connectivity index (χ1v) is 9.01. The number of hydrogen-bond donors (Lipinski definition) is 0. The van der Waals surface area contributed by atoms with Crippen LogP contribution in [0.25, 0.3) is 0 Å². The monoisotopic (exact) mass is 370 g/mol. The first-order valence-electron chi connectivity index (χ1n) is 5.69. The van der Waals surface area contributed by atoms with Crippen molar-refractivity contribution in [3.05, 3.63) is 22.7 Å². The average molecular weight is 372 g/mol. The summed E-state index contributed by atoms with van der Waals surface area (Å²) >= 11 is 9.43. The van der Waals surface area contributed by atoms with Crippen LogP contribution in [0.1, 0.15) is 12.5 Å². The van der Waals surface area contributed by atoms with Crippen LogP contribution in [-0.2, 0) is 15.2 Å². The summed E-state index contributed by atoms with van der Waals surface area (Å²) in [5, 5.41) is 1.05. The van der Waals surface area contributed by atoms with Crippen molar-refractivity contribution in [3.8, 4) is 11.5 Å². The molecule has 0 saturated heterocycles. The van der Waals surface area contributed by atoms with Gasteiger partial charge in [0.05, 0.1) is 17.9 Å². The van der Waals surface area contributed by atoms with Gasteiger partial charge in [-0.05, 0) is 17.7 Å². The molecule has 19 heavy (non-hydrogen) atoms. The Kier molecular flexibility index (Phi) is 6.42. The summed E-state index contributed by atoms with van der Waals surface area (Å²) in [6.45, 7) is 1.66. The van der Waals surface area contributed by atoms with Crippen molar-refractivity contribution in [2.24, 2.45) is 0 Å². The summed E-state index contributed by atoms with van der Waals surface area (Å²) < 4.78 is 33.4. The smallest absolute Gasteiger partial charge is 0.179 e. The van der Waals surface area contributed by atoms with Crippen LogP contribution < -0.4 is 9.47 Å². The van der Waals surface area contributed by atoms with Gasteiger partial charge in [0.1, 0.15) is 6.61 Å². The van der Waals surface area contributed by atoms with Crippen LogP contribution in [0, 0.1) is 0 Å². The van der Waals surface area contributed by atoms with Crippen molar-refractivity contribution in [2.75, 3.05) is 25.2 Å². The highest BCUT2D eigenvalue weighted by atomic mass is 79.9. The third-order valence-electron chi connectivity index (χ3n) is 2.52. The van der Waals surface area contributed by atoms with Gasteiger partial charge < -0.3 is 9.47 Å². The molecule has 0 atom stereocenters. The molecule has 0 amide bonds. The van der Waals surface area contributed by atoms with Crippen molar-refractivity contribution in [1.82, 2.24) is 0 Å². The van der Waals surface area contributed by atoms with E-state index < -0.39 is 9.84 Å². The highest BCUT2D eigenvalue weighted by Gasteiger charge is 2.14. The van der Waals surface area contributed by atoms with Crippen molar-refractivity contribution in [2.45, 2.75) is 12.3 Å². The predicted octanol–water partition coefficient (Wildman–Crippen LogP) is 3.06. The maximum atomic E-state index is 11.4. The Hall–Kier alpha value is -0.460. The van der Waals surface area contributed by atoms with E-state index in [0.29, 0.717) is 21.9 Å². The lowest BCUT2D eigenvalue weighted by Gasteiger charge is -2.13. The minimum absolute atomic E-state index is 0.0385. The van der Waals surface area contributed by atoms with E-state index in [9.17, 15) is 8.42 Å². The minimum atomic E-state index is -3.05. The quantitative estimate of drug-likeness (QED) is 0.691. The highest BCUT2D eigenvalue weighted by Crippen LogP contribution is 2.36. The summed E-state index contributed by atoms with van der Waals surface area (Å²) in [4.78, 5) is 0. The Morgan fingerprint density at radius 1 is 1.37 bits per heavy atom. The Balaban J connectivity index is 2.83. The van der Waals surface area contributed by atoms with Crippen LogP contribution >= 0.6 is 27.5 Å². The molecular formula is C12H16BrClO4S. The summed E-state index contributed by atoms with van der Waals surface area (Å²) in [5.74, 6) is 0.934. The van der Waals surface area contributed by atoms with Crippen molar-refractivity contribution in [1.29, 1.82) is 0 Å². The maximum Gasteiger partial charge on any atom is 0.179 e. The molecule has 4 nitrogen and oxygen atoms in total. The van der Waals surface area contributed by atoms with Gasteiger partial charge in [-0.3, -0.25) is 0 Å². The van der Waals surface area contributed by atoms with Gasteiger partial charge >= 0.3 is 0 Å². The molecular weight excluding hydrogens is 356 g/mol. The molecule has 7 heteroatoms. The van der Waals surface area contributed by atoms with E-state index in [0.717, 1.165) is 5.56 Å². The zero-order chi connectivity index (χ0) is 14.5. The first kappa shape index (κ1) is 16.6. The second-order valence-corrected chi connectivity index (χ2v) is 7.27. The molecule has 0 spiro atoms. The van der Waals surface area contributed by atoms with Crippen molar-refractivity contribution < 1.29 is 17.9 Å². The highest BCUT2D eigenvalue weighted by molar-refractivity contribution is 9.08. The number of methoxy groups -OCH3 is 1. The Labute approximate surface area is 127 Å². The number of benzene rings is 1. The first-order chi connectivity index (χ1) is 8.93. The van der Waals surface area contributed by atoms with Gasteiger partial charge in [0.2, 0.25) is 0 Å². The summed E-state index contributed by atoms with van der Waals surface area (Å²) in [7, 11) is -1.54. The molecule has 0 radical (unpaired) electrons. The molecule has 0 heterocycles. The van der Waals surface area contributed by atoms with Gasteiger partial charge in [-0.2, -0.15) is 0 Å².